The fourth-order valence-electron chi connectivity index (χ4n) is 2.65. The van der Waals surface area contributed by atoms with E-state index in [-0.39, 0.29) is 23.4 Å². The average molecular weight is 382 g/mol. The van der Waals surface area contributed by atoms with Crippen LogP contribution in [-0.2, 0) is 6.54 Å². The number of amides is 2. The molecule has 0 aliphatic carbocycles. The molecule has 142 valence electrons. The monoisotopic (exact) mass is 382 g/mol. The maximum atomic E-state index is 14.5. The molecule has 6 nitrogen and oxygen atoms in total. The summed E-state index contributed by atoms with van der Waals surface area (Å²) in [6.07, 6.45) is 2.91. The lowest BCUT2D eigenvalue weighted by Gasteiger charge is -2.23. The number of rotatable bonds is 5. The van der Waals surface area contributed by atoms with Gasteiger partial charge in [-0.2, -0.15) is 0 Å². The molecular formula is C20H16F2N4O2. The van der Waals surface area contributed by atoms with Gasteiger partial charge in [0.05, 0.1) is 6.54 Å². The third-order valence-corrected chi connectivity index (χ3v) is 4.07. The summed E-state index contributed by atoms with van der Waals surface area (Å²) >= 11 is 0. The van der Waals surface area contributed by atoms with Crippen molar-refractivity contribution in [2.24, 2.45) is 5.84 Å². The van der Waals surface area contributed by atoms with Crippen LogP contribution in [0.4, 0.5) is 14.5 Å². The molecule has 28 heavy (non-hydrogen) atoms. The van der Waals surface area contributed by atoms with E-state index in [0.717, 1.165) is 6.07 Å². The van der Waals surface area contributed by atoms with Crippen LogP contribution in [0.25, 0.3) is 0 Å². The summed E-state index contributed by atoms with van der Waals surface area (Å²) < 4.78 is 28.2. The van der Waals surface area contributed by atoms with Crippen molar-refractivity contribution in [1.29, 1.82) is 0 Å². The van der Waals surface area contributed by atoms with E-state index in [4.69, 9.17) is 5.84 Å². The third-order valence-electron chi connectivity index (χ3n) is 4.07. The summed E-state index contributed by atoms with van der Waals surface area (Å²) in [5, 5.41) is 0. The van der Waals surface area contributed by atoms with Gasteiger partial charge in [0.15, 0.2) is 0 Å². The van der Waals surface area contributed by atoms with Crippen LogP contribution in [0.15, 0.2) is 67.0 Å². The summed E-state index contributed by atoms with van der Waals surface area (Å²) in [6, 6.07) is 12.3. The SMILES string of the molecule is NNC(=O)c1ccc(CN(C(=O)c2ccncc2)c2cccc(F)c2)c(F)c1. The highest BCUT2D eigenvalue weighted by Gasteiger charge is 2.20. The Morgan fingerprint density at radius 3 is 2.39 bits per heavy atom. The number of halogens is 2. The molecule has 1 heterocycles. The highest BCUT2D eigenvalue weighted by Crippen LogP contribution is 2.23. The van der Waals surface area contributed by atoms with Gasteiger partial charge < -0.3 is 4.90 Å². The number of hydrogen-bond acceptors (Lipinski definition) is 4. The Kier molecular flexibility index (Phi) is 5.71. The van der Waals surface area contributed by atoms with E-state index in [0.29, 0.717) is 5.56 Å². The Bertz CT molecular complexity index is 1010. The number of anilines is 1. The molecule has 0 saturated carbocycles. The minimum Gasteiger partial charge on any atom is -0.304 e. The predicted octanol–water partition coefficient (Wildman–Crippen LogP) is 2.81. The molecule has 8 heteroatoms. The van der Waals surface area contributed by atoms with Crippen molar-refractivity contribution in [3.8, 4) is 0 Å². The van der Waals surface area contributed by atoms with Crippen LogP contribution in [0, 0.1) is 11.6 Å². The number of benzene rings is 2. The van der Waals surface area contributed by atoms with E-state index in [2.05, 4.69) is 4.98 Å². The summed E-state index contributed by atoms with van der Waals surface area (Å²) in [6.45, 7) is -0.166. The van der Waals surface area contributed by atoms with Crippen molar-refractivity contribution >= 4 is 17.5 Å². The van der Waals surface area contributed by atoms with Crippen LogP contribution in [0.5, 0.6) is 0 Å². The molecule has 0 radical (unpaired) electrons. The standard InChI is InChI=1S/C20H16F2N4O2/c21-16-2-1-3-17(11-16)26(20(28)13-6-8-24-9-7-13)12-15-5-4-14(10-18(15)22)19(27)25-23/h1-11H,12,23H2,(H,25,27). The Labute approximate surface area is 159 Å². The van der Waals surface area contributed by atoms with Crippen LogP contribution >= 0.6 is 0 Å². The van der Waals surface area contributed by atoms with Crippen molar-refractivity contribution in [1.82, 2.24) is 10.4 Å². The number of nitrogen functional groups attached to an aromatic ring is 1. The highest BCUT2D eigenvalue weighted by molar-refractivity contribution is 6.06. The van der Waals surface area contributed by atoms with Gasteiger partial charge in [-0.1, -0.05) is 12.1 Å². The van der Waals surface area contributed by atoms with Crippen LogP contribution < -0.4 is 16.2 Å². The van der Waals surface area contributed by atoms with Crippen LogP contribution in [-0.4, -0.2) is 16.8 Å². The molecule has 3 N–H and O–H groups in total. The first-order chi connectivity index (χ1) is 13.5. The van der Waals surface area contributed by atoms with E-state index in [1.807, 2.05) is 5.43 Å². The molecule has 0 spiro atoms. The molecule has 0 aliphatic rings. The maximum Gasteiger partial charge on any atom is 0.265 e. The number of nitrogens with two attached hydrogens (primary N) is 1. The number of hydrogen-bond donors (Lipinski definition) is 2. The number of nitrogens with one attached hydrogen (secondary N) is 1. The quantitative estimate of drug-likeness (QED) is 0.404. The van der Waals surface area contributed by atoms with Crippen molar-refractivity contribution in [3.05, 3.63) is 95.3 Å². The first-order valence-electron chi connectivity index (χ1n) is 8.26. The van der Waals surface area contributed by atoms with Crippen molar-refractivity contribution in [3.63, 3.8) is 0 Å². The number of hydrazine groups is 1. The molecule has 2 aromatic carbocycles. The Balaban J connectivity index is 1.98. The second-order valence-corrected chi connectivity index (χ2v) is 5.89. The van der Waals surface area contributed by atoms with Gasteiger partial charge in [-0.25, -0.2) is 14.6 Å². The van der Waals surface area contributed by atoms with E-state index in [1.165, 1.54) is 59.8 Å². The average Bonchev–Trinajstić information content (AvgIpc) is 2.72. The van der Waals surface area contributed by atoms with Gasteiger partial charge in [-0.15, -0.1) is 0 Å². The number of nitrogens with zero attached hydrogens (tertiary/aromatic N) is 2. The van der Waals surface area contributed by atoms with E-state index >= 15 is 0 Å². The molecule has 3 aromatic rings. The van der Waals surface area contributed by atoms with Gasteiger partial charge in [0.2, 0.25) is 0 Å². The summed E-state index contributed by atoms with van der Waals surface area (Å²) in [5.74, 6) is 2.75. The minimum atomic E-state index is -0.690. The van der Waals surface area contributed by atoms with Crippen LogP contribution in [0.1, 0.15) is 26.3 Å². The second kappa shape index (κ2) is 8.36. The Morgan fingerprint density at radius 2 is 1.75 bits per heavy atom. The molecule has 2 amide bonds. The van der Waals surface area contributed by atoms with Gasteiger partial charge in [0.1, 0.15) is 11.6 Å². The van der Waals surface area contributed by atoms with Gasteiger partial charge in [-0.05, 0) is 42.5 Å². The zero-order valence-electron chi connectivity index (χ0n) is 14.6. The molecular weight excluding hydrogens is 366 g/mol. The topological polar surface area (TPSA) is 88.3 Å². The molecule has 0 bridgehead atoms. The largest absolute Gasteiger partial charge is 0.304 e. The first-order valence-corrected chi connectivity index (χ1v) is 8.26. The smallest absolute Gasteiger partial charge is 0.265 e. The van der Waals surface area contributed by atoms with Gasteiger partial charge >= 0.3 is 0 Å². The lowest BCUT2D eigenvalue weighted by atomic mass is 10.1. The first kappa shape index (κ1) is 19.1. The van der Waals surface area contributed by atoms with Crippen LogP contribution in [0.2, 0.25) is 0 Å². The fourth-order valence-corrected chi connectivity index (χ4v) is 2.65. The Morgan fingerprint density at radius 1 is 1.00 bits per heavy atom. The molecule has 0 fully saturated rings. The number of carbonyl (C=O) groups excluding carboxylic acids is 2. The number of carbonyl (C=O) groups is 2. The van der Waals surface area contributed by atoms with Crippen molar-refractivity contribution < 1.29 is 18.4 Å². The summed E-state index contributed by atoms with van der Waals surface area (Å²) in [4.78, 5) is 29.6. The number of pyridine rings is 1. The summed E-state index contributed by atoms with van der Waals surface area (Å²) in [5.41, 5.74) is 2.71. The molecule has 3 rings (SSSR count). The maximum absolute atomic E-state index is 14.5. The van der Waals surface area contributed by atoms with Crippen molar-refractivity contribution in [2.45, 2.75) is 6.54 Å². The van der Waals surface area contributed by atoms with Gasteiger partial charge in [0, 0.05) is 34.8 Å². The number of aromatic nitrogens is 1. The van der Waals surface area contributed by atoms with Crippen LogP contribution in [0.3, 0.4) is 0 Å². The van der Waals surface area contributed by atoms with E-state index in [9.17, 15) is 18.4 Å². The zero-order valence-corrected chi connectivity index (χ0v) is 14.6. The normalized spacial score (nSPS) is 10.4. The summed E-state index contributed by atoms with van der Waals surface area (Å²) in [7, 11) is 0. The minimum absolute atomic E-state index is 0.0431. The molecule has 1 aromatic heterocycles. The fraction of sp³-hybridized carbons (Fsp3) is 0.0500. The molecule has 0 saturated heterocycles. The van der Waals surface area contributed by atoms with E-state index < -0.39 is 23.4 Å². The van der Waals surface area contributed by atoms with Gasteiger partial charge in [0.25, 0.3) is 11.8 Å². The lowest BCUT2D eigenvalue weighted by Crippen LogP contribution is -2.31. The molecule has 0 aliphatic heterocycles. The zero-order chi connectivity index (χ0) is 20.1. The van der Waals surface area contributed by atoms with Gasteiger partial charge in [-0.3, -0.25) is 20.0 Å². The molecule has 0 unspecified atom stereocenters. The van der Waals surface area contributed by atoms with Crippen molar-refractivity contribution in [2.75, 3.05) is 4.90 Å². The highest BCUT2D eigenvalue weighted by atomic mass is 19.1. The molecule has 0 atom stereocenters. The lowest BCUT2D eigenvalue weighted by molar-refractivity contribution is 0.0951. The second-order valence-electron chi connectivity index (χ2n) is 5.89. The van der Waals surface area contributed by atoms with E-state index in [1.54, 1.807) is 6.07 Å². The Hall–Kier alpha value is -3.65. The predicted molar refractivity (Wildman–Crippen MR) is 99.2 cm³/mol. The third kappa shape index (κ3) is 4.18.